The van der Waals surface area contributed by atoms with Crippen molar-refractivity contribution in [2.45, 2.75) is 17.7 Å². The van der Waals surface area contributed by atoms with Gasteiger partial charge in [-0.1, -0.05) is 12.1 Å². The summed E-state index contributed by atoms with van der Waals surface area (Å²) in [5.41, 5.74) is 6.22. The Balaban J connectivity index is 1.94. The molecule has 2 rings (SSSR count). The van der Waals surface area contributed by atoms with Crippen LogP contribution in [0.15, 0.2) is 29.2 Å². The molecule has 0 unspecified atom stereocenters. The fraction of sp³-hybridized carbons (Fsp3) is 0.429. The number of carbonyl (C=O) groups is 2. The van der Waals surface area contributed by atoms with Gasteiger partial charge in [0, 0.05) is 11.4 Å². The number of thioether (sulfide) groups is 1. The van der Waals surface area contributed by atoms with Crippen molar-refractivity contribution in [1.29, 1.82) is 0 Å². The van der Waals surface area contributed by atoms with E-state index in [-0.39, 0.29) is 18.4 Å². The molecule has 1 aliphatic rings. The Morgan fingerprint density at radius 1 is 1.35 bits per heavy atom. The third kappa shape index (κ3) is 3.74. The first kappa shape index (κ1) is 14.9. The molecule has 0 radical (unpaired) electrons. The first-order chi connectivity index (χ1) is 9.72. The molecule has 6 heteroatoms. The number of carbonyl (C=O) groups excluding carboxylic acids is 2. The Morgan fingerprint density at radius 2 is 2.15 bits per heavy atom. The highest BCUT2D eigenvalue weighted by molar-refractivity contribution is 8.00. The lowest BCUT2D eigenvalue weighted by Gasteiger charge is -2.28. The number of amides is 2. The third-order valence-corrected chi connectivity index (χ3v) is 4.11. The molecule has 0 saturated heterocycles. The Hall–Kier alpha value is -1.53. The maximum absolute atomic E-state index is 12.0. The first-order valence-corrected chi connectivity index (χ1v) is 7.70. The second kappa shape index (κ2) is 7.31. The minimum atomic E-state index is -0.128. The molecule has 0 spiro atoms. The van der Waals surface area contributed by atoms with Crippen molar-refractivity contribution in [3.63, 3.8) is 0 Å². The molecular weight excluding hydrogens is 274 g/mol. The number of rotatable bonds is 6. The highest BCUT2D eigenvalue weighted by atomic mass is 32.2. The van der Waals surface area contributed by atoms with Gasteiger partial charge in [0.1, 0.15) is 6.54 Å². The third-order valence-electron chi connectivity index (χ3n) is 3.06. The number of benzene rings is 1. The van der Waals surface area contributed by atoms with E-state index >= 15 is 0 Å². The Morgan fingerprint density at radius 3 is 2.95 bits per heavy atom. The van der Waals surface area contributed by atoms with E-state index in [0.717, 1.165) is 23.4 Å². The first-order valence-electron chi connectivity index (χ1n) is 6.71. The van der Waals surface area contributed by atoms with Gasteiger partial charge in [0.05, 0.1) is 11.4 Å². The lowest BCUT2D eigenvalue weighted by Crippen LogP contribution is -2.43. The molecule has 0 fully saturated rings. The predicted octanol–water partition coefficient (Wildman–Crippen LogP) is 0.980. The van der Waals surface area contributed by atoms with Crippen LogP contribution in [0.4, 0.5) is 5.69 Å². The van der Waals surface area contributed by atoms with Crippen LogP contribution in [0.1, 0.15) is 12.8 Å². The average molecular weight is 293 g/mol. The Kier molecular flexibility index (Phi) is 5.43. The Labute approximate surface area is 122 Å². The molecule has 5 nitrogen and oxygen atoms in total. The van der Waals surface area contributed by atoms with Gasteiger partial charge < -0.3 is 16.0 Å². The highest BCUT2D eigenvalue weighted by Crippen LogP contribution is 2.34. The molecule has 1 heterocycles. The normalized spacial score (nSPS) is 14.1. The van der Waals surface area contributed by atoms with Crippen LogP contribution < -0.4 is 16.0 Å². The van der Waals surface area contributed by atoms with Crippen molar-refractivity contribution in [2.24, 2.45) is 5.73 Å². The zero-order valence-electron chi connectivity index (χ0n) is 11.3. The second-order valence-electron chi connectivity index (χ2n) is 4.58. The highest BCUT2D eigenvalue weighted by Gasteiger charge is 2.25. The number of fused-ring (bicyclic) bond motifs is 1. The molecule has 1 aromatic carbocycles. The number of nitrogens with zero attached hydrogens (tertiary/aromatic N) is 1. The molecule has 0 saturated carbocycles. The van der Waals surface area contributed by atoms with Gasteiger partial charge in [-0.25, -0.2) is 0 Å². The van der Waals surface area contributed by atoms with Crippen LogP contribution in [0, 0.1) is 0 Å². The molecular formula is C14H19N3O2S. The van der Waals surface area contributed by atoms with Crippen LogP contribution in [-0.4, -0.2) is 37.2 Å². The van der Waals surface area contributed by atoms with Crippen molar-refractivity contribution in [1.82, 2.24) is 5.32 Å². The van der Waals surface area contributed by atoms with Crippen LogP contribution in [0.2, 0.25) is 0 Å². The topological polar surface area (TPSA) is 75.4 Å². The van der Waals surface area contributed by atoms with Gasteiger partial charge in [0.2, 0.25) is 11.8 Å². The summed E-state index contributed by atoms with van der Waals surface area (Å²) >= 11 is 1.52. The minimum Gasteiger partial charge on any atom is -0.355 e. The summed E-state index contributed by atoms with van der Waals surface area (Å²) in [5.74, 6) is 0.236. The molecule has 108 valence electrons. The van der Waals surface area contributed by atoms with E-state index in [9.17, 15) is 9.59 Å². The van der Waals surface area contributed by atoms with Crippen LogP contribution in [-0.2, 0) is 9.59 Å². The summed E-state index contributed by atoms with van der Waals surface area (Å²) in [6.07, 6.45) is 1.75. The van der Waals surface area contributed by atoms with E-state index in [1.807, 2.05) is 24.3 Å². The number of hydrogen-bond donors (Lipinski definition) is 2. The molecule has 0 aromatic heterocycles. The van der Waals surface area contributed by atoms with E-state index in [1.54, 1.807) is 4.90 Å². The van der Waals surface area contributed by atoms with Gasteiger partial charge in [-0.05, 0) is 31.5 Å². The average Bonchev–Trinajstić information content (AvgIpc) is 2.47. The molecule has 2 amide bonds. The van der Waals surface area contributed by atoms with E-state index in [4.69, 9.17) is 5.73 Å². The second-order valence-corrected chi connectivity index (χ2v) is 5.60. The largest absolute Gasteiger partial charge is 0.355 e. The number of para-hydroxylation sites is 1. The van der Waals surface area contributed by atoms with Crippen molar-refractivity contribution < 1.29 is 9.59 Å². The molecule has 1 aromatic rings. The summed E-state index contributed by atoms with van der Waals surface area (Å²) in [4.78, 5) is 26.5. The fourth-order valence-electron chi connectivity index (χ4n) is 2.02. The maximum atomic E-state index is 12.0. The monoisotopic (exact) mass is 293 g/mol. The summed E-state index contributed by atoms with van der Waals surface area (Å²) in [6, 6.07) is 7.66. The smallest absolute Gasteiger partial charge is 0.240 e. The van der Waals surface area contributed by atoms with Crippen LogP contribution >= 0.6 is 11.8 Å². The Bertz CT molecular complexity index is 493. The van der Waals surface area contributed by atoms with Gasteiger partial charge in [0.25, 0.3) is 0 Å². The predicted molar refractivity (Wildman–Crippen MR) is 80.8 cm³/mol. The summed E-state index contributed by atoms with van der Waals surface area (Å²) in [5, 5.41) is 2.82. The van der Waals surface area contributed by atoms with Crippen LogP contribution in [0.5, 0.6) is 0 Å². The van der Waals surface area contributed by atoms with Crippen LogP contribution in [0.25, 0.3) is 0 Å². The van der Waals surface area contributed by atoms with Gasteiger partial charge >= 0.3 is 0 Å². The number of anilines is 1. The number of nitrogens with two attached hydrogens (primary N) is 1. The lowest BCUT2D eigenvalue weighted by atomic mass is 10.2. The van der Waals surface area contributed by atoms with E-state index in [2.05, 4.69) is 5.32 Å². The maximum Gasteiger partial charge on any atom is 0.240 e. The van der Waals surface area contributed by atoms with Crippen molar-refractivity contribution in [2.75, 3.05) is 30.3 Å². The molecule has 20 heavy (non-hydrogen) atoms. The molecule has 1 aliphatic heterocycles. The van der Waals surface area contributed by atoms with Gasteiger partial charge in [0.15, 0.2) is 0 Å². The summed E-state index contributed by atoms with van der Waals surface area (Å²) in [7, 11) is 0. The zero-order chi connectivity index (χ0) is 14.4. The van der Waals surface area contributed by atoms with Gasteiger partial charge in [-0.2, -0.15) is 0 Å². The molecule has 3 N–H and O–H groups in total. The lowest BCUT2D eigenvalue weighted by molar-refractivity contribution is -0.123. The zero-order valence-corrected chi connectivity index (χ0v) is 12.1. The fourth-order valence-corrected chi connectivity index (χ4v) is 2.96. The van der Waals surface area contributed by atoms with Gasteiger partial charge in [-0.3, -0.25) is 9.59 Å². The summed E-state index contributed by atoms with van der Waals surface area (Å²) < 4.78 is 0. The number of hydrogen-bond acceptors (Lipinski definition) is 4. The van der Waals surface area contributed by atoms with E-state index in [1.165, 1.54) is 11.8 Å². The molecule has 0 bridgehead atoms. The van der Waals surface area contributed by atoms with Gasteiger partial charge in [-0.15, -0.1) is 11.8 Å². The van der Waals surface area contributed by atoms with Crippen molar-refractivity contribution in [3.05, 3.63) is 24.3 Å². The minimum absolute atomic E-state index is 0.0224. The van der Waals surface area contributed by atoms with Crippen molar-refractivity contribution >= 4 is 29.3 Å². The molecule has 0 atom stereocenters. The summed E-state index contributed by atoms with van der Waals surface area (Å²) in [6.45, 7) is 1.32. The molecule has 0 aliphatic carbocycles. The quantitative estimate of drug-likeness (QED) is 0.767. The number of unbranched alkanes of at least 4 members (excludes halogenated alkanes) is 1. The number of nitrogens with one attached hydrogen (secondary N) is 1. The van der Waals surface area contributed by atoms with Crippen LogP contribution in [0.3, 0.4) is 0 Å². The standard InChI is InChI=1S/C14H19N3O2S/c15-7-3-4-8-16-13(18)9-17-11-5-1-2-6-12(11)20-10-14(17)19/h1-2,5-6H,3-4,7-10,15H2,(H,16,18). The SMILES string of the molecule is NCCCCNC(=O)CN1C(=O)CSc2ccccc21. The van der Waals surface area contributed by atoms with Crippen molar-refractivity contribution in [3.8, 4) is 0 Å². The van der Waals surface area contributed by atoms with E-state index in [0.29, 0.717) is 18.8 Å². The van der Waals surface area contributed by atoms with E-state index < -0.39 is 0 Å².